The number of nitrogens with one attached hydrogen (secondary N) is 3. The van der Waals surface area contributed by atoms with E-state index >= 15 is 0 Å². The molecule has 2 atom stereocenters. The summed E-state index contributed by atoms with van der Waals surface area (Å²) in [5.41, 5.74) is 0. The van der Waals surface area contributed by atoms with Gasteiger partial charge in [0.25, 0.3) is 0 Å². The molecule has 8 nitrogen and oxygen atoms in total. The number of carbonyl (C=O) groups excluding carboxylic acids is 1. The van der Waals surface area contributed by atoms with Gasteiger partial charge < -0.3 is 30.2 Å². The Balaban J connectivity index is 2.19. The summed E-state index contributed by atoms with van der Waals surface area (Å²) in [6, 6.07) is -0.0163. The van der Waals surface area contributed by atoms with Crippen molar-refractivity contribution in [3.05, 3.63) is 0 Å². The van der Waals surface area contributed by atoms with Gasteiger partial charge in [-0.05, 0) is 38.5 Å². The number of rotatable bonds is 12. The normalized spacial score (nSPS) is 18.4. The summed E-state index contributed by atoms with van der Waals surface area (Å²) in [6.07, 6.45) is 3.89. The Morgan fingerprint density at radius 3 is 2.78 bits per heavy atom. The summed E-state index contributed by atoms with van der Waals surface area (Å²) in [5, 5.41) is 9.44. The zero-order valence-electron chi connectivity index (χ0n) is 17.4. The summed E-state index contributed by atoms with van der Waals surface area (Å²) in [5.74, 6) is 1.18. The molecule has 1 saturated heterocycles. The fourth-order valence-corrected chi connectivity index (χ4v) is 2.91. The van der Waals surface area contributed by atoms with Gasteiger partial charge in [0.05, 0.1) is 19.3 Å². The lowest BCUT2D eigenvalue weighted by Crippen LogP contribution is -2.47. The number of ether oxygens (including phenoxy) is 3. The number of hydrogen-bond donors (Lipinski definition) is 3. The molecule has 1 aliphatic heterocycles. The van der Waals surface area contributed by atoms with Crippen LogP contribution in [0, 0.1) is 5.92 Å². The van der Waals surface area contributed by atoms with E-state index in [1.165, 1.54) is 0 Å². The first-order valence-corrected chi connectivity index (χ1v) is 10.1. The lowest BCUT2D eigenvalue weighted by atomic mass is 10.0. The second kappa shape index (κ2) is 14.5. The van der Waals surface area contributed by atoms with E-state index in [2.05, 4.69) is 34.8 Å². The third kappa shape index (κ3) is 11.7. The first kappa shape index (κ1) is 23.5. The molecule has 0 aromatic rings. The molecule has 0 spiro atoms. The van der Waals surface area contributed by atoms with Crippen LogP contribution in [0.3, 0.4) is 0 Å². The monoisotopic (exact) mass is 386 g/mol. The summed E-state index contributed by atoms with van der Waals surface area (Å²) < 4.78 is 16.2. The number of alkyl carbamates (subject to hydrolysis) is 1. The maximum atomic E-state index is 11.7. The van der Waals surface area contributed by atoms with Crippen LogP contribution >= 0.6 is 0 Å². The highest BCUT2D eigenvalue weighted by molar-refractivity contribution is 5.79. The van der Waals surface area contributed by atoms with Crippen molar-refractivity contribution in [1.82, 2.24) is 16.0 Å². The van der Waals surface area contributed by atoms with Crippen molar-refractivity contribution in [2.75, 3.05) is 46.6 Å². The van der Waals surface area contributed by atoms with Crippen LogP contribution in [-0.4, -0.2) is 70.8 Å². The SMILES string of the molecule is CCOC(=O)NC(CNC(=NC)NCCCOCC1CCCO1)CC(C)C. The van der Waals surface area contributed by atoms with Crippen LogP contribution in [0.4, 0.5) is 4.79 Å². The van der Waals surface area contributed by atoms with Crippen LogP contribution < -0.4 is 16.0 Å². The van der Waals surface area contributed by atoms with Gasteiger partial charge in [-0.1, -0.05) is 13.8 Å². The van der Waals surface area contributed by atoms with Crippen molar-refractivity contribution in [1.29, 1.82) is 0 Å². The van der Waals surface area contributed by atoms with E-state index < -0.39 is 0 Å². The Bertz CT molecular complexity index is 426. The first-order chi connectivity index (χ1) is 13.0. The van der Waals surface area contributed by atoms with E-state index in [-0.39, 0.29) is 18.2 Å². The summed E-state index contributed by atoms with van der Waals surface area (Å²) in [4.78, 5) is 15.9. The van der Waals surface area contributed by atoms with E-state index in [0.29, 0.717) is 38.2 Å². The van der Waals surface area contributed by atoms with Gasteiger partial charge in [-0.3, -0.25) is 4.99 Å². The minimum Gasteiger partial charge on any atom is -0.450 e. The summed E-state index contributed by atoms with van der Waals surface area (Å²) in [6.45, 7) is 10.0. The molecule has 0 aromatic carbocycles. The Labute approximate surface area is 163 Å². The quantitative estimate of drug-likeness (QED) is 0.269. The van der Waals surface area contributed by atoms with Crippen LogP contribution in [0.2, 0.25) is 0 Å². The number of amides is 1. The lowest BCUT2D eigenvalue weighted by Gasteiger charge is -2.22. The van der Waals surface area contributed by atoms with Crippen LogP contribution in [0.25, 0.3) is 0 Å². The van der Waals surface area contributed by atoms with Crippen LogP contribution in [0.1, 0.15) is 46.5 Å². The van der Waals surface area contributed by atoms with Gasteiger partial charge in [0, 0.05) is 39.4 Å². The molecule has 0 saturated carbocycles. The third-order valence-corrected chi connectivity index (χ3v) is 4.18. The van der Waals surface area contributed by atoms with Crippen molar-refractivity contribution in [2.45, 2.75) is 58.6 Å². The predicted molar refractivity (Wildman–Crippen MR) is 107 cm³/mol. The summed E-state index contributed by atoms with van der Waals surface area (Å²) in [7, 11) is 1.74. The minimum atomic E-state index is -0.378. The zero-order valence-corrected chi connectivity index (χ0v) is 17.4. The topological polar surface area (TPSA) is 93.2 Å². The average Bonchev–Trinajstić information content (AvgIpc) is 3.13. The molecule has 1 fully saturated rings. The number of aliphatic imine (C=N–C) groups is 1. The van der Waals surface area contributed by atoms with Gasteiger partial charge in [0.15, 0.2) is 5.96 Å². The van der Waals surface area contributed by atoms with Gasteiger partial charge in [0.2, 0.25) is 0 Å². The third-order valence-electron chi connectivity index (χ3n) is 4.18. The number of nitrogens with zero attached hydrogens (tertiary/aromatic N) is 1. The van der Waals surface area contributed by atoms with E-state index in [9.17, 15) is 4.79 Å². The van der Waals surface area contributed by atoms with Crippen molar-refractivity contribution in [3.63, 3.8) is 0 Å². The van der Waals surface area contributed by atoms with Gasteiger partial charge in [0.1, 0.15) is 0 Å². The molecular formula is C19H38N4O4. The molecule has 0 aliphatic carbocycles. The average molecular weight is 387 g/mol. The van der Waals surface area contributed by atoms with Crippen molar-refractivity contribution >= 4 is 12.1 Å². The Kier molecular flexibility index (Phi) is 12.6. The number of carbonyl (C=O) groups is 1. The smallest absolute Gasteiger partial charge is 0.407 e. The van der Waals surface area contributed by atoms with Crippen LogP contribution in [-0.2, 0) is 14.2 Å². The fraction of sp³-hybridized carbons (Fsp3) is 0.895. The van der Waals surface area contributed by atoms with Crippen LogP contribution in [0.5, 0.6) is 0 Å². The Morgan fingerprint density at radius 1 is 1.33 bits per heavy atom. The molecular weight excluding hydrogens is 348 g/mol. The second-order valence-electron chi connectivity index (χ2n) is 7.13. The highest BCUT2D eigenvalue weighted by atomic mass is 16.5. The zero-order chi connectivity index (χ0) is 19.9. The van der Waals surface area contributed by atoms with E-state index in [1.54, 1.807) is 14.0 Å². The largest absolute Gasteiger partial charge is 0.450 e. The molecule has 0 aromatic heterocycles. The van der Waals surface area contributed by atoms with Crippen molar-refractivity contribution in [2.24, 2.45) is 10.9 Å². The fourth-order valence-electron chi connectivity index (χ4n) is 2.91. The highest BCUT2D eigenvalue weighted by Crippen LogP contribution is 2.11. The maximum absolute atomic E-state index is 11.7. The molecule has 2 unspecified atom stereocenters. The maximum Gasteiger partial charge on any atom is 0.407 e. The molecule has 27 heavy (non-hydrogen) atoms. The molecule has 8 heteroatoms. The van der Waals surface area contributed by atoms with Gasteiger partial charge in [-0.25, -0.2) is 4.79 Å². The Hall–Kier alpha value is -1.54. The molecule has 0 radical (unpaired) electrons. The highest BCUT2D eigenvalue weighted by Gasteiger charge is 2.16. The number of hydrogen-bond acceptors (Lipinski definition) is 5. The van der Waals surface area contributed by atoms with Crippen molar-refractivity contribution in [3.8, 4) is 0 Å². The predicted octanol–water partition coefficient (Wildman–Crippen LogP) is 1.90. The molecule has 1 heterocycles. The van der Waals surface area contributed by atoms with Gasteiger partial charge >= 0.3 is 6.09 Å². The molecule has 1 amide bonds. The molecule has 0 bridgehead atoms. The molecule has 1 aliphatic rings. The lowest BCUT2D eigenvalue weighted by molar-refractivity contribution is 0.0168. The second-order valence-corrected chi connectivity index (χ2v) is 7.13. The van der Waals surface area contributed by atoms with Crippen molar-refractivity contribution < 1.29 is 19.0 Å². The number of guanidine groups is 1. The van der Waals surface area contributed by atoms with E-state index in [0.717, 1.165) is 38.8 Å². The van der Waals surface area contributed by atoms with E-state index in [1.807, 2.05) is 0 Å². The molecule has 1 rings (SSSR count). The van der Waals surface area contributed by atoms with Gasteiger partial charge in [-0.2, -0.15) is 0 Å². The first-order valence-electron chi connectivity index (χ1n) is 10.1. The van der Waals surface area contributed by atoms with E-state index in [4.69, 9.17) is 14.2 Å². The molecule has 158 valence electrons. The van der Waals surface area contributed by atoms with Crippen LogP contribution in [0.15, 0.2) is 4.99 Å². The van der Waals surface area contributed by atoms with Gasteiger partial charge in [-0.15, -0.1) is 0 Å². The minimum absolute atomic E-state index is 0.0163. The standard InChI is InChI=1S/C19H38N4O4/c1-5-26-19(24)23-16(12-15(2)3)13-22-18(20-4)21-9-7-10-25-14-17-8-6-11-27-17/h15-17H,5-14H2,1-4H3,(H,23,24)(H2,20,21,22). The summed E-state index contributed by atoms with van der Waals surface area (Å²) >= 11 is 0. The molecule has 3 N–H and O–H groups in total. The Morgan fingerprint density at radius 2 is 2.15 bits per heavy atom.